The Hall–Kier alpha value is -2.37. The molecule has 4 atom stereocenters. The number of piperidine rings is 1. The quantitative estimate of drug-likeness (QED) is 0.602. The summed E-state index contributed by atoms with van der Waals surface area (Å²) < 4.78 is 11.8. The maximum Gasteiger partial charge on any atom is 0.253 e. The van der Waals surface area contributed by atoms with Crippen LogP contribution in [0.1, 0.15) is 48.0 Å². The lowest BCUT2D eigenvalue weighted by Crippen LogP contribution is -2.61. The standard InChI is InChI=1S/C29H38N2O3/c1-30(28(32)22-8-5-4-6-9-22)24-17-27(34-3)26-20-31(19-21-12-13-21)15-14-29(26,18-24)23-10-7-11-25(16-23)33-2/h4-11,16,21,24,26-27H,12-15,17-20H2,1-3H3/t24-,26?,27?,29?/m0/s1. The Bertz CT molecular complexity index is 992. The van der Waals surface area contributed by atoms with E-state index >= 15 is 0 Å². The van der Waals surface area contributed by atoms with Gasteiger partial charge in [0.05, 0.1) is 13.2 Å². The Morgan fingerprint density at radius 2 is 1.91 bits per heavy atom. The van der Waals surface area contributed by atoms with Gasteiger partial charge in [0.15, 0.2) is 0 Å². The number of amides is 1. The molecular formula is C29H38N2O3. The number of rotatable bonds is 7. The maximum absolute atomic E-state index is 13.4. The van der Waals surface area contributed by atoms with E-state index in [2.05, 4.69) is 23.1 Å². The average Bonchev–Trinajstić information content (AvgIpc) is 3.71. The second-order valence-corrected chi connectivity index (χ2v) is 10.6. The Labute approximate surface area is 204 Å². The van der Waals surface area contributed by atoms with E-state index in [1.807, 2.05) is 55.5 Å². The molecule has 5 rings (SSSR count). The highest BCUT2D eigenvalue weighted by molar-refractivity contribution is 5.94. The number of fused-ring (bicyclic) bond motifs is 1. The third-order valence-electron chi connectivity index (χ3n) is 8.64. The van der Waals surface area contributed by atoms with Gasteiger partial charge in [-0.2, -0.15) is 0 Å². The first kappa shape index (κ1) is 23.4. The summed E-state index contributed by atoms with van der Waals surface area (Å²) in [4.78, 5) is 18.0. The zero-order valence-electron chi connectivity index (χ0n) is 20.8. The van der Waals surface area contributed by atoms with Gasteiger partial charge in [-0.1, -0.05) is 30.3 Å². The molecule has 1 aliphatic heterocycles. The molecule has 0 spiro atoms. The minimum atomic E-state index is -0.0383. The number of methoxy groups -OCH3 is 2. The molecule has 1 saturated heterocycles. The summed E-state index contributed by atoms with van der Waals surface area (Å²) in [5, 5.41) is 0. The SMILES string of the molecule is COc1cccc(C23CCN(CC4CC4)CC2C(OC)C[C@H](N(C)C(=O)c2ccccc2)C3)c1. The van der Waals surface area contributed by atoms with Crippen LogP contribution in [0.5, 0.6) is 5.75 Å². The number of carbonyl (C=O) groups is 1. The number of likely N-dealkylation sites (tertiary alicyclic amines) is 1. The third kappa shape index (κ3) is 4.48. The molecule has 0 aromatic heterocycles. The van der Waals surface area contributed by atoms with Gasteiger partial charge >= 0.3 is 0 Å². The normalized spacial score (nSPS) is 29.3. The number of benzene rings is 2. The first-order chi connectivity index (χ1) is 16.5. The Morgan fingerprint density at radius 1 is 1.12 bits per heavy atom. The van der Waals surface area contributed by atoms with Gasteiger partial charge in [0.2, 0.25) is 0 Å². The van der Waals surface area contributed by atoms with Gasteiger partial charge in [0.1, 0.15) is 5.75 Å². The van der Waals surface area contributed by atoms with Crippen LogP contribution in [0.3, 0.4) is 0 Å². The van der Waals surface area contributed by atoms with Crippen molar-refractivity contribution in [2.75, 3.05) is 40.9 Å². The Morgan fingerprint density at radius 3 is 2.62 bits per heavy atom. The van der Waals surface area contributed by atoms with Crippen molar-refractivity contribution in [3.8, 4) is 5.75 Å². The number of ether oxygens (including phenoxy) is 2. The molecule has 5 nitrogen and oxygen atoms in total. The summed E-state index contributed by atoms with van der Waals surface area (Å²) in [6.07, 6.45) is 5.78. The Kier molecular flexibility index (Phi) is 6.67. The monoisotopic (exact) mass is 462 g/mol. The maximum atomic E-state index is 13.4. The summed E-state index contributed by atoms with van der Waals surface area (Å²) in [5.74, 6) is 2.27. The first-order valence-corrected chi connectivity index (χ1v) is 12.8. The van der Waals surface area contributed by atoms with Crippen LogP contribution < -0.4 is 4.74 Å². The smallest absolute Gasteiger partial charge is 0.253 e. The lowest BCUT2D eigenvalue weighted by molar-refractivity contribution is -0.0794. The molecule has 1 heterocycles. The van der Waals surface area contributed by atoms with Crippen LogP contribution in [0.2, 0.25) is 0 Å². The summed E-state index contributed by atoms with van der Waals surface area (Å²) in [6, 6.07) is 18.4. The van der Waals surface area contributed by atoms with Gasteiger partial charge in [-0.3, -0.25) is 4.79 Å². The molecule has 2 aromatic rings. The van der Waals surface area contributed by atoms with Gasteiger partial charge in [0.25, 0.3) is 5.91 Å². The largest absolute Gasteiger partial charge is 0.497 e. The molecule has 3 aliphatic rings. The van der Waals surface area contributed by atoms with E-state index in [0.29, 0.717) is 5.92 Å². The average molecular weight is 463 g/mol. The molecule has 34 heavy (non-hydrogen) atoms. The molecule has 3 fully saturated rings. The molecule has 0 radical (unpaired) electrons. The van der Waals surface area contributed by atoms with Crippen molar-refractivity contribution >= 4 is 5.91 Å². The second-order valence-electron chi connectivity index (χ2n) is 10.6. The summed E-state index contributed by atoms with van der Waals surface area (Å²) in [7, 11) is 5.55. The van der Waals surface area contributed by atoms with Crippen LogP contribution in [-0.2, 0) is 10.2 Å². The highest BCUT2D eigenvalue weighted by Crippen LogP contribution is 2.51. The van der Waals surface area contributed by atoms with Crippen LogP contribution in [-0.4, -0.2) is 68.8 Å². The van der Waals surface area contributed by atoms with Crippen molar-refractivity contribution in [2.24, 2.45) is 11.8 Å². The minimum absolute atomic E-state index is 0.0383. The second kappa shape index (κ2) is 9.71. The fourth-order valence-electron chi connectivity index (χ4n) is 6.50. The molecule has 5 heteroatoms. The lowest BCUT2D eigenvalue weighted by Gasteiger charge is -2.56. The van der Waals surface area contributed by atoms with Gasteiger partial charge < -0.3 is 19.3 Å². The van der Waals surface area contributed by atoms with E-state index < -0.39 is 0 Å². The number of nitrogens with zero attached hydrogens (tertiary/aromatic N) is 2. The van der Waals surface area contributed by atoms with E-state index in [-0.39, 0.29) is 23.5 Å². The van der Waals surface area contributed by atoms with Crippen molar-refractivity contribution in [3.05, 3.63) is 65.7 Å². The van der Waals surface area contributed by atoms with Gasteiger partial charge in [-0.25, -0.2) is 0 Å². The summed E-state index contributed by atoms with van der Waals surface area (Å²) in [6.45, 7) is 3.38. The number of hydrogen-bond acceptors (Lipinski definition) is 4. The van der Waals surface area contributed by atoms with Crippen molar-refractivity contribution in [3.63, 3.8) is 0 Å². The Balaban J connectivity index is 1.48. The highest BCUT2D eigenvalue weighted by Gasteiger charge is 2.53. The van der Waals surface area contributed by atoms with Crippen LogP contribution in [0.15, 0.2) is 54.6 Å². The van der Waals surface area contributed by atoms with E-state index in [0.717, 1.165) is 49.6 Å². The summed E-state index contributed by atoms with van der Waals surface area (Å²) in [5.41, 5.74) is 2.04. The molecule has 3 unspecified atom stereocenters. The van der Waals surface area contributed by atoms with Gasteiger partial charge in [0, 0.05) is 50.2 Å². The first-order valence-electron chi connectivity index (χ1n) is 12.8. The fourth-order valence-corrected chi connectivity index (χ4v) is 6.50. The zero-order chi connectivity index (χ0) is 23.7. The number of carbonyl (C=O) groups excluding carboxylic acids is 1. The molecule has 0 bridgehead atoms. The molecule has 2 aromatic carbocycles. The van der Waals surface area contributed by atoms with Crippen molar-refractivity contribution in [1.29, 1.82) is 0 Å². The van der Waals surface area contributed by atoms with E-state index in [1.54, 1.807) is 7.11 Å². The van der Waals surface area contributed by atoms with Gasteiger partial charge in [-0.05, 0) is 74.4 Å². The molecule has 182 valence electrons. The van der Waals surface area contributed by atoms with Crippen molar-refractivity contribution in [1.82, 2.24) is 9.80 Å². The minimum Gasteiger partial charge on any atom is -0.497 e. The number of hydrogen-bond donors (Lipinski definition) is 0. The van der Waals surface area contributed by atoms with Crippen LogP contribution in [0, 0.1) is 11.8 Å². The van der Waals surface area contributed by atoms with E-state index in [1.165, 1.54) is 24.9 Å². The molecule has 1 amide bonds. The van der Waals surface area contributed by atoms with Crippen molar-refractivity contribution < 1.29 is 14.3 Å². The summed E-state index contributed by atoms with van der Waals surface area (Å²) >= 11 is 0. The van der Waals surface area contributed by atoms with Gasteiger partial charge in [-0.15, -0.1) is 0 Å². The molecule has 2 aliphatic carbocycles. The lowest BCUT2D eigenvalue weighted by atomic mass is 9.56. The van der Waals surface area contributed by atoms with E-state index in [4.69, 9.17) is 9.47 Å². The molecule has 0 N–H and O–H groups in total. The fraction of sp³-hybridized carbons (Fsp3) is 0.552. The topological polar surface area (TPSA) is 42.0 Å². The highest BCUT2D eigenvalue weighted by atomic mass is 16.5. The van der Waals surface area contributed by atoms with Crippen molar-refractivity contribution in [2.45, 2.75) is 49.7 Å². The van der Waals surface area contributed by atoms with Crippen LogP contribution in [0.25, 0.3) is 0 Å². The predicted octanol–water partition coefficient (Wildman–Crippen LogP) is 4.61. The third-order valence-corrected chi connectivity index (χ3v) is 8.64. The molecule has 2 saturated carbocycles. The van der Waals surface area contributed by atoms with E-state index in [9.17, 15) is 4.79 Å². The zero-order valence-corrected chi connectivity index (χ0v) is 20.8. The van der Waals surface area contributed by atoms with Crippen LogP contribution >= 0.6 is 0 Å². The van der Waals surface area contributed by atoms with Crippen LogP contribution in [0.4, 0.5) is 0 Å². The molecular weight excluding hydrogens is 424 g/mol. The predicted molar refractivity (Wildman–Crippen MR) is 134 cm³/mol.